The standard InChI is InChI=1S/C15H24N2O2S2/c1-11-4-3-5-12(2)17(11)21(18,19)15-8-14(20-10-15)9-16-13-6-7-13/h8,10-13,16H,3-7,9H2,1-2H3/t11-,12+. The monoisotopic (exact) mass is 328 g/mol. The zero-order valence-corrected chi connectivity index (χ0v) is 14.3. The number of thiophene rings is 1. The van der Waals surface area contributed by atoms with Crippen LogP contribution in [0.15, 0.2) is 16.3 Å². The number of hydrogen-bond acceptors (Lipinski definition) is 4. The van der Waals surface area contributed by atoms with Gasteiger partial charge < -0.3 is 5.32 Å². The fourth-order valence-corrected chi connectivity index (χ4v) is 6.21. The molecule has 1 saturated carbocycles. The van der Waals surface area contributed by atoms with Gasteiger partial charge in [-0.2, -0.15) is 4.31 Å². The topological polar surface area (TPSA) is 49.4 Å². The summed E-state index contributed by atoms with van der Waals surface area (Å²) < 4.78 is 27.5. The first-order valence-electron chi connectivity index (χ1n) is 7.83. The van der Waals surface area contributed by atoms with Crippen LogP contribution in [0.5, 0.6) is 0 Å². The molecule has 3 rings (SSSR count). The van der Waals surface area contributed by atoms with Gasteiger partial charge >= 0.3 is 0 Å². The van der Waals surface area contributed by atoms with E-state index in [1.165, 1.54) is 12.8 Å². The molecule has 0 radical (unpaired) electrons. The summed E-state index contributed by atoms with van der Waals surface area (Å²) in [6, 6.07) is 2.70. The highest BCUT2D eigenvalue weighted by Crippen LogP contribution is 2.31. The first-order valence-corrected chi connectivity index (χ1v) is 10.1. The highest BCUT2D eigenvalue weighted by atomic mass is 32.2. The minimum Gasteiger partial charge on any atom is -0.309 e. The van der Waals surface area contributed by atoms with E-state index >= 15 is 0 Å². The SMILES string of the molecule is C[C@@H]1CCC[C@H](C)N1S(=O)(=O)c1csc(CNC2CC2)c1. The van der Waals surface area contributed by atoms with Gasteiger partial charge in [0, 0.05) is 34.9 Å². The Hall–Kier alpha value is -0.430. The Balaban J connectivity index is 1.76. The minimum atomic E-state index is -3.35. The molecule has 0 unspecified atom stereocenters. The van der Waals surface area contributed by atoms with Gasteiger partial charge in [0.05, 0.1) is 4.90 Å². The Bertz CT molecular complexity index is 583. The van der Waals surface area contributed by atoms with Crippen LogP contribution in [0.2, 0.25) is 0 Å². The Morgan fingerprint density at radius 1 is 1.24 bits per heavy atom. The molecule has 2 fully saturated rings. The van der Waals surface area contributed by atoms with Crippen molar-refractivity contribution >= 4 is 21.4 Å². The van der Waals surface area contributed by atoms with Crippen molar-refractivity contribution in [1.29, 1.82) is 0 Å². The Morgan fingerprint density at radius 3 is 2.52 bits per heavy atom. The van der Waals surface area contributed by atoms with E-state index < -0.39 is 10.0 Å². The van der Waals surface area contributed by atoms with E-state index in [4.69, 9.17) is 0 Å². The second-order valence-electron chi connectivity index (χ2n) is 6.37. The molecular weight excluding hydrogens is 304 g/mol. The summed E-state index contributed by atoms with van der Waals surface area (Å²) in [5.41, 5.74) is 0. The second kappa shape index (κ2) is 5.99. The molecule has 1 N–H and O–H groups in total. The van der Waals surface area contributed by atoms with Crippen LogP contribution in [0.4, 0.5) is 0 Å². The van der Waals surface area contributed by atoms with E-state index in [0.29, 0.717) is 10.9 Å². The average molecular weight is 329 g/mol. The van der Waals surface area contributed by atoms with Crippen molar-refractivity contribution in [1.82, 2.24) is 9.62 Å². The van der Waals surface area contributed by atoms with E-state index in [-0.39, 0.29) is 12.1 Å². The van der Waals surface area contributed by atoms with Crippen LogP contribution in [0.3, 0.4) is 0 Å². The molecule has 118 valence electrons. The molecule has 4 nitrogen and oxygen atoms in total. The van der Waals surface area contributed by atoms with Crippen molar-refractivity contribution in [3.05, 3.63) is 16.3 Å². The molecule has 1 aliphatic heterocycles. The van der Waals surface area contributed by atoms with Gasteiger partial charge in [-0.05, 0) is 45.6 Å². The van der Waals surface area contributed by atoms with Gasteiger partial charge in [0.2, 0.25) is 10.0 Å². The summed E-state index contributed by atoms with van der Waals surface area (Å²) >= 11 is 1.54. The highest BCUT2D eigenvalue weighted by molar-refractivity contribution is 7.89. The first-order chi connectivity index (χ1) is 9.98. The van der Waals surface area contributed by atoms with Crippen molar-refractivity contribution in [3.63, 3.8) is 0 Å². The molecule has 21 heavy (non-hydrogen) atoms. The maximum absolute atomic E-state index is 12.9. The molecule has 2 heterocycles. The van der Waals surface area contributed by atoms with Gasteiger partial charge in [0.25, 0.3) is 0 Å². The van der Waals surface area contributed by atoms with Gasteiger partial charge in [-0.15, -0.1) is 11.3 Å². The normalized spacial score (nSPS) is 27.9. The van der Waals surface area contributed by atoms with Gasteiger partial charge in [-0.3, -0.25) is 0 Å². The number of sulfonamides is 1. The van der Waals surface area contributed by atoms with Gasteiger partial charge in [0.15, 0.2) is 0 Å². The maximum atomic E-state index is 12.9. The summed E-state index contributed by atoms with van der Waals surface area (Å²) in [7, 11) is -3.35. The predicted molar refractivity (Wildman–Crippen MR) is 86.0 cm³/mol. The number of hydrogen-bond donors (Lipinski definition) is 1. The van der Waals surface area contributed by atoms with E-state index in [1.807, 2.05) is 19.9 Å². The quantitative estimate of drug-likeness (QED) is 0.904. The van der Waals surface area contributed by atoms with Crippen LogP contribution < -0.4 is 5.32 Å². The average Bonchev–Trinajstić information content (AvgIpc) is 3.12. The molecule has 0 bridgehead atoms. The van der Waals surface area contributed by atoms with E-state index in [1.54, 1.807) is 21.0 Å². The zero-order valence-electron chi connectivity index (χ0n) is 12.7. The van der Waals surface area contributed by atoms with Crippen LogP contribution in [-0.2, 0) is 16.6 Å². The molecule has 0 aromatic carbocycles. The van der Waals surface area contributed by atoms with E-state index in [0.717, 1.165) is 30.7 Å². The van der Waals surface area contributed by atoms with Crippen molar-refractivity contribution < 1.29 is 8.42 Å². The van der Waals surface area contributed by atoms with Crippen molar-refractivity contribution in [2.75, 3.05) is 0 Å². The molecule has 2 aliphatic rings. The Morgan fingerprint density at radius 2 is 1.90 bits per heavy atom. The third kappa shape index (κ3) is 3.33. The zero-order chi connectivity index (χ0) is 15.0. The third-order valence-electron chi connectivity index (χ3n) is 4.46. The molecular formula is C15H24N2O2S2. The molecule has 1 aromatic heterocycles. The highest BCUT2D eigenvalue weighted by Gasteiger charge is 2.36. The van der Waals surface area contributed by atoms with E-state index in [2.05, 4.69) is 5.32 Å². The summed E-state index contributed by atoms with van der Waals surface area (Å²) in [5, 5.41) is 5.24. The summed E-state index contributed by atoms with van der Waals surface area (Å²) in [6.45, 7) is 4.83. The summed E-state index contributed by atoms with van der Waals surface area (Å²) in [4.78, 5) is 1.58. The molecule has 6 heteroatoms. The Labute approximate surface area is 131 Å². The van der Waals surface area contributed by atoms with Crippen LogP contribution in [0.1, 0.15) is 50.8 Å². The predicted octanol–water partition coefficient (Wildman–Crippen LogP) is 2.95. The molecule has 0 amide bonds. The fraction of sp³-hybridized carbons (Fsp3) is 0.733. The number of nitrogens with zero attached hydrogens (tertiary/aromatic N) is 1. The largest absolute Gasteiger partial charge is 0.309 e. The third-order valence-corrected chi connectivity index (χ3v) is 7.65. The lowest BCUT2D eigenvalue weighted by atomic mass is 10.0. The number of piperidine rings is 1. The summed E-state index contributed by atoms with van der Waals surface area (Å²) in [6.07, 6.45) is 5.54. The van der Waals surface area contributed by atoms with Crippen molar-refractivity contribution in [2.24, 2.45) is 0 Å². The van der Waals surface area contributed by atoms with Gasteiger partial charge in [-0.1, -0.05) is 6.42 Å². The molecule has 1 saturated heterocycles. The summed E-state index contributed by atoms with van der Waals surface area (Å²) in [5.74, 6) is 0. The van der Waals surface area contributed by atoms with Crippen LogP contribution in [0.25, 0.3) is 0 Å². The lowest BCUT2D eigenvalue weighted by Crippen LogP contribution is -2.47. The molecule has 2 atom stereocenters. The molecule has 0 spiro atoms. The molecule has 1 aliphatic carbocycles. The minimum absolute atomic E-state index is 0.103. The first kappa shape index (κ1) is 15.5. The Kier molecular flexibility index (Phi) is 4.41. The van der Waals surface area contributed by atoms with Crippen LogP contribution >= 0.6 is 11.3 Å². The number of nitrogens with one attached hydrogen (secondary N) is 1. The molecule has 1 aromatic rings. The van der Waals surface area contributed by atoms with Crippen LogP contribution in [-0.4, -0.2) is 30.8 Å². The smallest absolute Gasteiger partial charge is 0.244 e. The van der Waals surface area contributed by atoms with Crippen molar-refractivity contribution in [3.8, 4) is 0 Å². The van der Waals surface area contributed by atoms with E-state index in [9.17, 15) is 8.42 Å². The van der Waals surface area contributed by atoms with Crippen LogP contribution in [0, 0.1) is 0 Å². The van der Waals surface area contributed by atoms with Gasteiger partial charge in [-0.25, -0.2) is 8.42 Å². The maximum Gasteiger partial charge on any atom is 0.244 e. The number of rotatable bonds is 5. The lowest BCUT2D eigenvalue weighted by Gasteiger charge is -2.37. The lowest BCUT2D eigenvalue weighted by molar-refractivity contribution is 0.204. The van der Waals surface area contributed by atoms with Gasteiger partial charge in [0.1, 0.15) is 0 Å². The second-order valence-corrected chi connectivity index (χ2v) is 9.21. The van der Waals surface area contributed by atoms with Crippen molar-refractivity contribution in [2.45, 2.75) is 75.5 Å². The fourth-order valence-electron chi connectivity index (χ4n) is 3.11.